The van der Waals surface area contributed by atoms with Crippen molar-refractivity contribution in [3.63, 3.8) is 0 Å². The first kappa shape index (κ1) is 18.0. The van der Waals surface area contributed by atoms with Gasteiger partial charge in [-0.1, -0.05) is 30.3 Å². The second kappa shape index (κ2) is 7.40. The largest absolute Gasteiger partial charge is 0.336 e. The number of carbonyl (C=O) groups is 1. The normalized spacial score (nSPS) is 17.0. The van der Waals surface area contributed by atoms with Gasteiger partial charge in [-0.25, -0.2) is 4.98 Å². The van der Waals surface area contributed by atoms with Crippen molar-refractivity contribution in [1.82, 2.24) is 24.9 Å². The highest BCUT2D eigenvalue weighted by atomic mass is 32.1. The number of thiazole rings is 1. The van der Waals surface area contributed by atoms with Crippen LogP contribution in [0.1, 0.15) is 39.9 Å². The average Bonchev–Trinajstić information content (AvgIpc) is 3.38. The Labute approximate surface area is 172 Å². The zero-order chi connectivity index (χ0) is 19.8. The van der Waals surface area contributed by atoms with Crippen molar-refractivity contribution in [2.24, 2.45) is 0 Å². The molecule has 6 nitrogen and oxygen atoms in total. The van der Waals surface area contributed by atoms with Gasteiger partial charge in [0.1, 0.15) is 0 Å². The molecule has 1 saturated heterocycles. The standard InChI is InChI=1S/C22H21N5OS/c1-15-20(25-27(24-15)17-9-3-2-4-10-17)22(28)26-13-7-8-16(14-26)21-23-18-11-5-6-12-19(18)29-21/h2-6,9-12,16H,7-8,13-14H2,1H3/t16-/m0/s1. The van der Waals surface area contributed by atoms with Crippen LogP contribution in [0.25, 0.3) is 15.9 Å². The third kappa shape index (κ3) is 3.42. The number of hydrogen-bond donors (Lipinski definition) is 0. The van der Waals surface area contributed by atoms with Gasteiger partial charge in [0.05, 0.1) is 26.6 Å². The Bertz CT molecular complexity index is 1130. The zero-order valence-corrected chi connectivity index (χ0v) is 17.0. The molecule has 0 spiro atoms. The van der Waals surface area contributed by atoms with Crippen molar-refractivity contribution in [2.45, 2.75) is 25.7 Å². The summed E-state index contributed by atoms with van der Waals surface area (Å²) in [6.45, 7) is 3.27. The van der Waals surface area contributed by atoms with Crippen molar-refractivity contribution >= 4 is 27.5 Å². The summed E-state index contributed by atoms with van der Waals surface area (Å²) in [5.41, 5.74) is 2.97. The molecule has 29 heavy (non-hydrogen) atoms. The maximum absolute atomic E-state index is 13.2. The Morgan fingerprint density at radius 3 is 2.69 bits per heavy atom. The lowest BCUT2D eigenvalue weighted by Gasteiger charge is -2.31. The molecule has 0 aliphatic carbocycles. The lowest BCUT2D eigenvalue weighted by atomic mass is 9.98. The van der Waals surface area contributed by atoms with Crippen LogP contribution in [0, 0.1) is 6.92 Å². The number of nitrogens with zero attached hydrogens (tertiary/aromatic N) is 5. The number of fused-ring (bicyclic) bond motifs is 1. The van der Waals surface area contributed by atoms with Gasteiger partial charge in [0.25, 0.3) is 5.91 Å². The fourth-order valence-electron chi connectivity index (χ4n) is 3.83. The third-order valence-electron chi connectivity index (χ3n) is 5.34. The number of rotatable bonds is 3. The second-order valence-corrected chi connectivity index (χ2v) is 8.43. The first-order chi connectivity index (χ1) is 14.2. The van der Waals surface area contributed by atoms with Crippen LogP contribution in [0.5, 0.6) is 0 Å². The number of para-hydroxylation sites is 2. The molecule has 1 aliphatic heterocycles. The molecule has 2 aromatic heterocycles. The predicted octanol–water partition coefficient (Wildman–Crippen LogP) is 4.21. The molecule has 0 N–H and O–H groups in total. The minimum absolute atomic E-state index is 0.0458. The lowest BCUT2D eigenvalue weighted by molar-refractivity contribution is 0.0700. The smallest absolute Gasteiger partial charge is 0.276 e. The molecule has 1 atom stereocenters. The molecule has 3 heterocycles. The van der Waals surface area contributed by atoms with Gasteiger partial charge < -0.3 is 4.90 Å². The van der Waals surface area contributed by atoms with E-state index in [4.69, 9.17) is 4.98 Å². The number of aromatic nitrogens is 4. The molecule has 1 aliphatic rings. The van der Waals surface area contributed by atoms with E-state index in [9.17, 15) is 4.79 Å². The van der Waals surface area contributed by atoms with Crippen molar-refractivity contribution in [2.75, 3.05) is 13.1 Å². The number of carbonyl (C=O) groups excluding carboxylic acids is 1. The van der Waals surface area contributed by atoms with Crippen LogP contribution in [0.4, 0.5) is 0 Å². The van der Waals surface area contributed by atoms with Crippen LogP contribution in [0.2, 0.25) is 0 Å². The Morgan fingerprint density at radius 1 is 1.07 bits per heavy atom. The summed E-state index contributed by atoms with van der Waals surface area (Å²) in [7, 11) is 0. The first-order valence-corrected chi connectivity index (χ1v) is 10.6. The maximum atomic E-state index is 13.2. The highest BCUT2D eigenvalue weighted by molar-refractivity contribution is 7.18. The van der Waals surface area contributed by atoms with Gasteiger partial charge in [-0.15, -0.1) is 16.4 Å². The zero-order valence-electron chi connectivity index (χ0n) is 16.2. The molecule has 0 saturated carbocycles. The summed E-state index contributed by atoms with van der Waals surface area (Å²) in [5.74, 6) is 0.227. The summed E-state index contributed by atoms with van der Waals surface area (Å²) in [4.78, 5) is 21.5. The Kier molecular flexibility index (Phi) is 4.60. The monoisotopic (exact) mass is 403 g/mol. The maximum Gasteiger partial charge on any atom is 0.276 e. The Balaban J connectivity index is 1.38. The summed E-state index contributed by atoms with van der Waals surface area (Å²) in [5, 5.41) is 10.1. The van der Waals surface area contributed by atoms with Crippen molar-refractivity contribution in [1.29, 1.82) is 0 Å². The minimum atomic E-state index is -0.0458. The predicted molar refractivity (Wildman–Crippen MR) is 114 cm³/mol. The van der Waals surface area contributed by atoms with E-state index < -0.39 is 0 Å². The second-order valence-electron chi connectivity index (χ2n) is 7.37. The van der Waals surface area contributed by atoms with Crippen LogP contribution in [-0.2, 0) is 0 Å². The molecule has 0 radical (unpaired) electrons. The first-order valence-electron chi connectivity index (χ1n) is 9.83. The molecular weight excluding hydrogens is 382 g/mol. The summed E-state index contributed by atoms with van der Waals surface area (Å²) < 4.78 is 1.20. The Morgan fingerprint density at radius 2 is 1.86 bits per heavy atom. The van der Waals surface area contributed by atoms with E-state index in [1.54, 1.807) is 11.3 Å². The quantitative estimate of drug-likeness (QED) is 0.514. The Hall–Kier alpha value is -3.06. The van der Waals surface area contributed by atoms with E-state index >= 15 is 0 Å². The van der Waals surface area contributed by atoms with Crippen LogP contribution >= 0.6 is 11.3 Å². The number of piperidine rings is 1. The van der Waals surface area contributed by atoms with Crippen molar-refractivity contribution in [3.05, 3.63) is 71.0 Å². The highest BCUT2D eigenvalue weighted by Crippen LogP contribution is 2.33. The number of benzene rings is 2. The molecule has 1 fully saturated rings. The van der Waals surface area contributed by atoms with Crippen LogP contribution < -0.4 is 0 Å². The molecule has 4 aromatic rings. The van der Waals surface area contributed by atoms with Gasteiger partial charge in [-0.2, -0.15) is 9.90 Å². The van der Waals surface area contributed by atoms with Crippen LogP contribution in [-0.4, -0.2) is 43.9 Å². The van der Waals surface area contributed by atoms with Crippen molar-refractivity contribution in [3.8, 4) is 5.69 Å². The molecule has 2 aromatic carbocycles. The topological polar surface area (TPSA) is 63.9 Å². The molecule has 0 bridgehead atoms. The van der Waals surface area contributed by atoms with E-state index in [-0.39, 0.29) is 11.8 Å². The van der Waals surface area contributed by atoms with Gasteiger partial charge in [0.15, 0.2) is 5.69 Å². The van der Waals surface area contributed by atoms with Gasteiger partial charge in [-0.05, 0) is 44.0 Å². The SMILES string of the molecule is Cc1nn(-c2ccccc2)nc1C(=O)N1CCC[C@H](c2nc3ccccc3s2)C1. The van der Waals surface area contributed by atoms with E-state index in [0.717, 1.165) is 35.6 Å². The van der Waals surface area contributed by atoms with E-state index in [0.29, 0.717) is 17.9 Å². The van der Waals surface area contributed by atoms with Crippen LogP contribution in [0.15, 0.2) is 54.6 Å². The third-order valence-corrected chi connectivity index (χ3v) is 6.54. The summed E-state index contributed by atoms with van der Waals surface area (Å²) in [6.07, 6.45) is 2.03. The molecule has 7 heteroatoms. The fourth-order valence-corrected chi connectivity index (χ4v) is 4.92. The van der Waals surface area contributed by atoms with Gasteiger partial charge in [0, 0.05) is 19.0 Å². The summed E-state index contributed by atoms with van der Waals surface area (Å²) in [6, 6.07) is 17.9. The number of amides is 1. The van der Waals surface area contributed by atoms with Crippen LogP contribution in [0.3, 0.4) is 0 Å². The molecule has 146 valence electrons. The molecule has 1 amide bonds. The van der Waals surface area contributed by atoms with E-state index in [2.05, 4.69) is 16.3 Å². The lowest BCUT2D eigenvalue weighted by Crippen LogP contribution is -2.39. The van der Waals surface area contributed by atoms with Gasteiger partial charge >= 0.3 is 0 Å². The number of aryl methyl sites for hydroxylation is 1. The average molecular weight is 404 g/mol. The number of likely N-dealkylation sites (tertiary alicyclic amines) is 1. The number of hydrogen-bond acceptors (Lipinski definition) is 5. The van der Waals surface area contributed by atoms with E-state index in [1.807, 2.05) is 60.4 Å². The van der Waals surface area contributed by atoms with Crippen molar-refractivity contribution < 1.29 is 4.79 Å². The molecule has 5 rings (SSSR count). The van der Waals surface area contributed by atoms with Gasteiger partial charge in [0.2, 0.25) is 0 Å². The van der Waals surface area contributed by atoms with E-state index in [1.165, 1.54) is 9.50 Å². The van der Waals surface area contributed by atoms with Gasteiger partial charge in [-0.3, -0.25) is 4.79 Å². The fraction of sp³-hybridized carbons (Fsp3) is 0.273. The molecular formula is C22H21N5OS. The molecule has 0 unspecified atom stereocenters. The highest BCUT2D eigenvalue weighted by Gasteiger charge is 2.30. The minimum Gasteiger partial charge on any atom is -0.336 e. The summed E-state index contributed by atoms with van der Waals surface area (Å²) >= 11 is 1.74.